The molecule has 1 saturated heterocycles. The van der Waals surface area contributed by atoms with Crippen molar-refractivity contribution in [2.75, 3.05) is 5.32 Å². The van der Waals surface area contributed by atoms with Crippen molar-refractivity contribution < 1.29 is 13.9 Å². The van der Waals surface area contributed by atoms with Gasteiger partial charge in [0.05, 0.1) is 5.92 Å². The molecule has 0 bridgehead atoms. The number of esters is 1. The molecule has 1 N–H and O–H groups in total. The van der Waals surface area contributed by atoms with Gasteiger partial charge >= 0.3 is 5.97 Å². The zero-order valence-electron chi connectivity index (χ0n) is 17.3. The summed E-state index contributed by atoms with van der Waals surface area (Å²) in [6, 6.07) is 6.24. The van der Waals surface area contributed by atoms with Crippen molar-refractivity contribution in [2.24, 2.45) is 23.7 Å². The Bertz CT molecular complexity index is 772. The normalized spacial score (nSPS) is 29.7. The van der Waals surface area contributed by atoms with Crippen LogP contribution in [0.5, 0.6) is 0 Å². The average molecular weight is 414 g/mol. The van der Waals surface area contributed by atoms with Crippen LogP contribution in [0.15, 0.2) is 61.3 Å². The molecule has 0 radical (unpaired) electrons. The summed E-state index contributed by atoms with van der Waals surface area (Å²) in [6.45, 7) is 9.27. The van der Waals surface area contributed by atoms with E-state index in [1.54, 1.807) is 30.4 Å². The maximum atomic E-state index is 12.8. The minimum absolute atomic E-state index is 0. The summed E-state index contributed by atoms with van der Waals surface area (Å²) >= 11 is 0. The van der Waals surface area contributed by atoms with Gasteiger partial charge in [0, 0.05) is 17.3 Å². The lowest BCUT2D eigenvalue weighted by Crippen LogP contribution is -2.35. The molecule has 30 heavy (non-hydrogen) atoms. The number of ether oxygens (including phenoxy) is 1. The summed E-state index contributed by atoms with van der Waals surface area (Å²) in [6.07, 6.45) is 13.1. The molecule has 1 aromatic rings. The molecule has 0 aromatic heterocycles. The minimum atomic E-state index is -0.267. The summed E-state index contributed by atoms with van der Waals surface area (Å²) in [5, 5.41) is 3.00. The summed E-state index contributed by atoms with van der Waals surface area (Å²) in [5.41, 5.74) is 1.48. The van der Waals surface area contributed by atoms with Crippen LogP contribution in [0.3, 0.4) is 0 Å². The van der Waals surface area contributed by atoms with Gasteiger partial charge in [0.15, 0.2) is 0 Å². The number of nitrogens with one attached hydrogen (secondary N) is 1. The number of hydrogen-bond acceptors (Lipinski definition) is 3. The van der Waals surface area contributed by atoms with Gasteiger partial charge in [-0.25, -0.2) is 4.39 Å². The molecule has 3 nitrogen and oxygen atoms in total. The molecule has 1 aromatic carbocycles. The molecular formula is C26H36FNO2. The molecule has 3 fully saturated rings. The Morgan fingerprint density at radius 2 is 1.90 bits per heavy atom. The van der Waals surface area contributed by atoms with E-state index in [1.165, 1.54) is 44.2 Å². The number of carbonyl (C=O) groups excluding carboxylic acids is 1. The molecule has 2 aliphatic carbocycles. The summed E-state index contributed by atoms with van der Waals surface area (Å²) in [4.78, 5) is 11.7. The van der Waals surface area contributed by atoms with Gasteiger partial charge in [0.2, 0.25) is 0 Å². The Kier molecular flexibility index (Phi) is 8.88. The van der Waals surface area contributed by atoms with Crippen molar-refractivity contribution in [1.82, 2.24) is 0 Å². The Morgan fingerprint density at radius 3 is 2.53 bits per heavy atom. The van der Waals surface area contributed by atoms with Crippen molar-refractivity contribution in [2.45, 2.75) is 59.0 Å². The highest BCUT2D eigenvalue weighted by molar-refractivity contribution is 5.75. The molecule has 4 heteroatoms. The highest BCUT2D eigenvalue weighted by Gasteiger charge is 2.49. The second-order valence-electron chi connectivity index (χ2n) is 8.39. The third kappa shape index (κ3) is 5.84. The van der Waals surface area contributed by atoms with Gasteiger partial charge in [-0.05, 0) is 62.0 Å². The number of fused-ring (bicyclic) bond motifs is 2. The van der Waals surface area contributed by atoms with Gasteiger partial charge < -0.3 is 10.1 Å². The number of hydrogen-bond donors (Lipinski definition) is 1. The van der Waals surface area contributed by atoms with Gasteiger partial charge in [-0.3, -0.25) is 4.79 Å². The van der Waals surface area contributed by atoms with Crippen molar-refractivity contribution >= 4 is 11.7 Å². The lowest BCUT2D eigenvalue weighted by atomic mass is 9.63. The van der Waals surface area contributed by atoms with Gasteiger partial charge in [-0.1, -0.05) is 58.4 Å². The quantitative estimate of drug-likeness (QED) is 0.431. The van der Waals surface area contributed by atoms with Crippen molar-refractivity contribution in [3.63, 3.8) is 0 Å². The van der Waals surface area contributed by atoms with Crippen molar-refractivity contribution in [3.8, 4) is 0 Å². The zero-order chi connectivity index (χ0) is 20.8. The number of benzene rings is 1. The van der Waals surface area contributed by atoms with Crippen molar-refractivity contribution in [3.05, 3.63) is 67.2 Å². The first-order valence-corrected chi connectivity index (χ1v) is 10.7. The maximum absolute atomic E-state index is 12.8. The molecular weight excluding hydrogens is 377 g/mol. The lowest BCUT2D eigenvalue weighted by molar-refractivity contribution is -0.144. The number of allylic oxidation sites excluding steroid dienone is 3. The van der Waals surface area contributed by atoms with E-state index in [-0.39, 0.29) is 31.2 Å². The summed E-state index contributed by atoms with van der Waals surface area (Å²) < 4.78 is 18.2. The van der Waals surface area contributed by atoms with Crippen LogP contribution in [-0.2, 0) is 9.53 Å². The topological polar surface area (TPSA) is 38.3 Å². The Labute approximate surface area is 181 Å². The number of anilines is 1. The third-order valence-corrected chi connectivity index (χ3v) is 6.55. The van der Waals surface area contributed by atoms with E-state index in [2.05, 4.69) is 25.4 Å². The first-order valence-electron chi connectivity index (χ1n) is 10.7. The zero-order valence-corrected chi connectivity index (χ0v) is 17.3. The van der Waals surface area contributed by atoms with Crippen LogP contribution in [0.25, 0.3) is 0 Å². The number of halogens is 1. The summed E-state index contributed by atoms with van der Waals surface area (Å²) in [7, 11) is 0. The van der Waals surface area contributed by atoms with Crippen LogP contribution in [0.1, 0.15) is 52.9 Å². The van der Waals surface area contributed by atoms with Gasteiger partial charge in [-0.2, -0.15) is 0 Å². The lowest BCUT2D eigenvalue weighted by Gasteiger charge is -2.40. The number of cyclic esters (lactones) is 1. The molecule has 0 spiro atoms. The molecule has 1 heterocycles. The Balaban J connectivity index is 0.000000208. The van der Waals surface area contributed by atoms with E-state index < -0.39 is 0 Å². The fourth-order valence-electron chi connectivity index (χ4n) is 5.09. The van der Waals surface area contributed by atoms with Gasteiger partial charge in [-0.15, -0.1) is 0 Å². The molecule has 1 unspecified atom stereocenters. The van der Waals surface area contributed by atoms with Crippen LogP contribution in [0.2, 0.25) is 0 Å². The van der Waals surface area contributed by atoms with E-state index >= 15 is 0 Å². The predicted molar refractivity (Wildman–Crippen MR) is 122 cm³/mol. The van der Waals surface area contributed by atoms with E-state index in [4.69, 9.17) is 4.74 Å². The van der Waals surface area contributed by atoms with Crippen LogP contribution in [-0.4, -0.2) is 12.1 Å². The monoisotopic (exact) mass is 413 g/mol. The first-order chi connectivity index (χ1) is 14.0. The summed E-state index contributed by atoms with van der Waals surface area (Å²) in [5.74, 6) is 2.35. The maximum Gasteiger partial charge on any atom is 0.309 e. The largest absolute Gasteiger partial charge is 0.462 e. The number of carbonyl (C=O) groups is 1. The second-order valence-corrected chi connectivity index (χ2v) is 8.39. The average Bonchev–Trinajstić information content (AvgIpc) is 2.99. The highest BCUT2D eigenvalue weighted by atomic mass is 19.1. The standard InChI is InChI=1S/C13H20O2.C12H12FN.CH4/c1-8-11-6-9-4-2-3-5-10(9)7-12(11)13(14)15-8;1-3-6-11(4-2)14-12-8-5-7-10(13)9-12;/h8-12H,2-7H2,1H3;3-9,14H,1-2H2;1H4/b;11-6-;/t8-,9?,10+,11-,12-;;/m1../s1. The van der Waals surface area contributed by atoms with E-state index in [1.807, 2.05) is 0 Å². The molecule has 5 atom stereocenters. The molecule has 0 amide bonds. The predicted octanol–water partition coefficient (Wildman–Crippen LogP) is 6.89. The van der Waals surface area contributed by atoms with E-state index in [9.17, 15) is 9.18 Å². The fourth-order valence-corrected chi connectivity index (χ4v) is 5.09. The smallest absolute Gasteiger partial charge is 0.309 e. The first kappa shape index (κ1) is 23.9. The van der Waals surface area contributed by atoms with E-state index in [0.717, 1.165) is 24.0 Å². The molecule has 164 valence electrons. The van der Waals surface area contributed by atoms with E-state index in [0.29, 0.717) is 11.6 Å². The molecule has 4 rings (SSSR count). The van der Waals surface area contributed by atoms with Gasteiger partial charge in [0.25, 0.3) is 0 Å². The molecule has 2 saturated carbocycles. The van der Waals surface area contributed by atoms with Crippen LogP contribution in [0.4, 0.5) is 10.1 Å². The van der Waals surface area contributed by atoms with Gasteiger partial charge in [0.1, 0.15) is 11.9 Å². The SMILES string of the molecule is C.C=C/C=C(/C=C)Nc1cccc(F)c1.C[C@H]1OC(=O)[C@@H]2C[C@@H]3CCCCC3C[C@H]12. The Hall–Kier alpha value is -2.36. The Morgan fingerprint density at radius 1 is 1.20 bits per heavy atom. The molecule has 1 aliphatic heterocycles. The minimum Gasteiger partial charge on any atom is -0.462 e. The van der Waals surface area contributed by atoms with Crippen LogP contribution < -0.4 is 5.32 Å². The second kappa shape index (κ2) is 11.1. The number of rotatable bonds is 4. The van der Waals surface area contributed by atoms with Crippen LogP contribution >= 0.6 is 0 Å². The molecule has 3 aliphatic rings. The highest BCUT2D eigenvalue weighted by Crippen LogP contribution is 2.49. The third-order valence-electron chi connectivity index (χ3n) is 6.55. The fraction of sp³-hybridized carbons (Fsp3) is 0.500. The van der Waals surface area contributed by atoms with Crippen molar-refractivity contribution in [1.29, 1.82) is 0 Å². The van der Waals surface area contributed by atoms with Crippen LogP contribution in [0, 0.1) is 29.5 Å².